The van der Waals surface area contributed by atoms with Gasteiger partial charge in [0, 0.05) is 23.8 Å². The van der Waals surface area contributed by atoms with Gasteiger partial charge in [0.1, 0.15) is 17.3 Å². The molecule has 0 aliphatic rings. The van der Waals surface area contributed by atoms with Crippen LogP contribution in [0.3, 0.4) is 0 Å². The van der Waals surface area contributed by atoms with Gasteiger partial charge in [-0.2, -0.15) is 0 Å². The summed E-state index contributed by atoms with van der Waals surface area (Å²) in [6.07, 6.45) is 0. The SMILES string of the molecule is CC(C)[C@@H](CCl)NP(=O)(N[C@H](CCl)C(C)C)OCc1ccc([N+](=O)[O-])o1. The predicted octanol–water partition coefficient (Wildman–Crippen LogP) is 4.52. The van der Waals surface area contributed by atoms with Gasteiger partial charge in [0.25, 0.3) is 0 Å². The summed E-state index contributed by atoms with van der Waals surface area (Å²) in [5.74, 6) is 0.507. The Balaban J connectivity index is 2.94. The number of rotatable bonds is 12. The van der Waals surface area contributed by atoms with Crippen LogP contribution in [0.1, 0.15) is 33.5 Å². The molecule has 0 saturated heterocycles. The first-order valence-corrected chi connectivity index (χ1v) is 11.0. The molecule has 0 aliphatic carbocycles. The van der Waals surface area contributed by atoms with E-state index < -0.39 is 18.5 Å². The van der Waals surface area contributed by atoms with Crippen LogP contribution < -0.4 is 10.2 Å². The van der Waals surface area contributed by atoms with Crippen molar-refractivity contribution in [2.24, 2.45) is 11.8 Å². The maximum Gasteiger partial charge on any atom is 0.433 e. The molecule has 0 aliphatic heterocycles. The fraction of sp³-hybridized carbons (Fsp3) is 0.733. The highest BCUT2D eigenvalue weighted by molar-refractivity contribution is 7.54. The Morgan fingerprint density at radius 3 is 2.00 bits per heavy atom. The molecule has 150 valence electrons. The molecule has 0 spiro atoms. The average Bonchev–Trinajstić information content (AvgIpc) is 3.05. The van der Waals surface area contributed by atoms with Crippen LogP contribution in [0, 0.1) is 22.0 Å². The quantitative estimate of drug-likeness (QED) is 0.217. The van der Waals surface area contributed by atoms with Gasteiger partial charge >= 0.3 is 13.6 Å². The predicted molar refractivity (Wildman–Crippen MR) is 103 cm³/mol. The molecule has 26 heavy (non-hydrogen) atoms. The van der Waals surface area contributed by atoms with Gasteiger partial charge in [0.15, 0.2) is 0 Å². The number of nitro groups is 1. The molecule has 0 amide bonds. The van der Waals surface area contributed by atoms with Gasteiger partial charge in [-0.3, -0.25) is 19.2 Å². The van der Waals surface area contributed by atoms with E-state index >= 15 is 0 Å². The van der Waals surface area contributed by atoms with E-state index in [-0.39, 0.29) is 48.0 Å². The first-order chi connectivity index (χ1) is 12.1. The van der Waals surface area contributed by atoms with E-state index in [2.05, 4.69) is 10.2 Å². The zero-order valence-corrected chi connectivity index (χ0v) is 17.7. The van der Waals surface area contributed by atoms with E-state index in [4.69, 9.17) is 32.1 Å². The van der Waals surface area contributed by atoms with Crippen LogP contribution in [-0.2, 0) is 15.7 Å². The summed E-state index contributed by atoms with van der Waals surface area (Å²) >= 11 is 11.9. The lowest BCUT2D eigenvalue weighted by atomic mass is 10.1. The summed E-state index contributed by atoms with van der Waals surface area (Å²) < 4.78 is 24.0. The molecule has 0 radical (unpaired) electrons. The number of nitrogens with one attached hydrogen (secondary N) is 2. The average molecular weight is 430 g/mol. The zero-order chi connectivity index (χ0) is 19.9. The summed E-state index contributed by atoms with van der Waals surface area (Å²) in [6, 6.07) is 2.11. The van der Waals surface area contributed by atoms with Gasteiger partial charge in [0.2, 0.25) is 0 Å². The number of halogens is 2. The van der Waals surface area contributed by atoms with E-state index in [1.807, 2.05) is 27.7 Å². The van der Waals surface area contributed by atoms with Crippen molar-refractivity contribution in [1.82, 2.24) is 10.2 Å². The van der Waals surface area contributed by atoms with Crippen molar-refractivity contribution in [2.45, 2.75) is 46.4 Å². The second kappa shape index (κ2) is 10.6. The normalized spacial score (nSPS) is 14.8. The minimum atomic E-state index is -3.55. The van der Waals surface area contributed by atoms with E-state index in [9.17, 15) is 14.7 Å². The molecular formula is C15H26Cl2N3O5P. The number of hydrogen-bond acceptors (Lipinski definition) is 5. The molecule has 1 aromatic heterocycles. The van der Waals surface area contributed by atoms with Crippen molar-refractivity contribution in [3.05, 3.63) is 28.0 Å². The summed E-state index contributed by atoms with van der Waals surface area (Å²) in [7, 11) is -3.55. The third-order valence-electron chi connectivity index (χ3n) is 3.83. The van der Waals surface area contributed by atoms with Crippen LogP contribution >= 0.6 is 30.9 Å². The Bertz CT molecular complexity index is 604. The molecule has 1 aromatic rings. The third-order valence-corrected chi connectivity index (χ3v) is 6.33. The highest BCUT2D eigenvalue weighted by Crippen LogP contribution is 2.42. The lowest BCUT2D eigenvalue weighted by Crippen LogP contribution is -2.42. The Labute approximate surface area is 163 Å². The molecule has 8 nitrogen and oxygen atoms in total. The topological polar surface area (TPSA) is 107 Å². The first kappa shape index (κ1) is 23.4. The number of hydrogen-bond donors (Lipinski definition) is 2. The number of nitrogens with zero attached hydrogens (tertiary/aromatic N) is 1. The minimum Gasteiger partial charge on any atom is -0.403 e. The van der Waals surface area contributed by atoms with Gasteiger partial charge in [0.05, 0.1) is 6.07 Å². The molecule has 1 rings (SSSR count). The Kier molecular flexibility index (Phi) is 9.58. The monoisotopic (exact) mass is 429 g/mol. The molecule has 0 fully saturated rings. The van der Waals surface area contributed by atoms with Gasteiger partial charge in [-0.25, -0.2) is 10.2 Å². The zero-order valence-electron chi connectivity index (χ0n) is 15.3. The van der Waals surface area contributed by atoms with Crippen molar-refractivity contribution in [3.63, 3.8) is 0 Å². The van der Waals surface area contributed by atoms with Crippen molar-refractivity contribution >= 4 is 36.8 Å². The fourth-order valence-corrected chi connectivity index (χ4v) is 5.24. The molecule has 0 aromatic carbocycles. The summed E-state index contributed by atoms with van der Waals surface area (Å²) in [4.78, 5) is 10.0. The van der Waals surface area contributed by atoms with Gasteiger partial charge in [-0.1, -0.05) is 27.7 Å². The summed E-state index contributed by atoms with van der Waals surface area (Å²) in [6.45, 7) is 7.58. The molecule has 11 heteroatoms. The largest absolute Gasteiger partial charge is 0.433 e. The van der Waals surface area contributed by atoms with E-state index in [1.165, 1.54) is 12.1 Å². The maximum atomic E-state index is 13.3. The molecule has 2 atom stereocenters. The highest BCUT2D eigenvalue weighted by atomic mass is 35.5. The fourth-order valence-electron chi connectivity index (χ4n) is 1.97. The van der Waals surface area contributed by atoms with E-state index in [0.717, 1.165) is 0 Å². The van der Waals surface area contributed by atoms with Crippen LogP contribution in [0.15, 0.2) is 16.5 Å². The molecular weight excluding hydrogens is 404 g/mol. The smallest absolute Gasteiger partial charge is 0.403 e. The van der Waals surface area contributed by atoms with Crippen LogP contribution in [0.5, 0.6) is 0 Å². The van der Waals surface area contributed by atoms with Crippen LogP contribution in [0.4, 0.5) is 5.88 Å². The maximum absolute atomic E-state index is 13.3. The Hall–Kier alpha value is -0.630. The Morgan fingerprint density at radius 2 is 1.65 bits per heavy atom. The van der Waals surface area contributed by atoms with Crippen LogP contribution in [0.2, 0.25) is 0 Å². The Morgan fingerprint density at radius 1 is 1.15 bits per heavy atom. The van der Waals surface area contributed by atoms with Gasteiger partial charge in [-0.15, -0.1) is 23.2 Å². The van der Waals surface area contributed by atoms with Gasteiger partial charge in [-0.05, 0) is 17.9 Å². The summed E-state index contributed by atoms with van der Waals surface area (Å²) in [5, 5.41) is 16.6. The van der Waals surface area contributed by atoms with Crippen molar-refractivity contribution < 1.29 is 18.4 Å². The second-order valence-electron chi connectivity index (χ2n) is 6.59. The van der Waals surface area contributed by atoms with Crippen molar-refractivity contribution in [3.8, 4) is 0 Å². The van der Waals surface area contributed by atoms with E-state index in [1.54, 1.807) is 0 Å². The third kappa shape index (κ3) is 7.18. The number of alkyl halides is 2. The first-order valence-electron chi connectivity index (χ1n) is 8.27. The van der Waals surface area contributed by atoms with Crippen LogP contribution in [-0.4, -0.2) is 28.8 Å². The molecule has 0 bridgehead atoms. The molecule has 1 heterocycles. The van der Waals surface area contributed by atoms with Crippen molar-refractivity contribution in [2.75, 3.05) is 11.8 Å². The van der Waals surface area contributed by atoms with Crippen LogP contribution in [0.25, 0.3) is 0 Å². The highest BCUT2D eigenvalue weighted by Gasteiger charge is 2.32. The molecule has 0 saturated carbocycles. The van der Waals surface area contributed by atoms with Crippen molar-refractivity contribution in [1.29, 1.82) is 0 Å². The number of furan rings is 1. The lowest BCUT2D eigenvalue weighted by molar-refractivity contribution is -0.402. The summed E-state index contributed by atoms with van der Waals surface area (Å²) in [5.41, 5.74) is 0. The van der Waals surface area contributed by atoms with E-state index in [0.29, 0.717) is 0 Å². The molecule has 2 N–H and O–H groups in total. The van der Waals surface area contributed by atoms with Gasteiger partial charge < -0.3 is 4.42 Å². The molecule has 0 unspecified atom stereocenters. The standard InChI is InChI=1S/C15H26Cl2N3O5P/c1-10(2)13(7-16)18-26(23,19-14(8-17)11(3)4)24-9-12-5-6-15(25-12)20(21)22/h5-6,10-11,13-14H,7-9H2,1-4H3,(H2,18,19,23)/t13-,14-/m1/s1. The minimum absolute atomic E-state index is 0.115. The second-order valence-corrected chi connectivity index (χ2v) is 9.08. The lowest BCUT2D eigenvalue weighted by Gasteiger charge is -2.31.